The molecule has 2 aromatic carbocycles. The SMILES string of the molecule is [2H]Oc1c(C(C)=O)ccc2ccccc12. The molecule has 0 heterocycles. The second-order valence-electron chi connectivity index (χ2n) is 3.22. The number of rotatable bonds is 2. The number of hydrogen-bond donors (Lipinski definition) is 1. The van der Waals surface area contributed by atoms with Gasteiger partial charge in [0.15, 0.2) is 5.78 Å². The summed E-state index contributed by atoms with van der Waals surface area (Å²) in [5.74, 6) is 0.239. The van der Waals surface area contributed by atoms with Gasteiger partial charge in [0.1, 0.15) is 5.75 Å². The van der Waals surface area contributed by atoms with Gasteiger partial charge in [-0.15, -0.1) is 0 Å². The maximum Gasteiger partial charge on any atom is 0.293 e. The highest BCUT2D eigenvalue weighted by molar-refractivity contribution is 6.03. The first-order valence-electron chi connectivity index (χ1n) is 4.80. The predicted molar refractivity (Wildman–Crippen MR) is 55.6 cm³/mol. The molecule has 0 saturated carbocycles. The molecule has 0 bridgehead atoms. The van der Waals surface area contributed by atoms with E-state index in [-0.39, 0.29) is 5.78 Å². The van der Waals surface area contributed by atoms with Gasteiger partial charge in [-0.2, -0.15) is 0 Å². The summed E-state index contributed by atoms with van der Waals surface area (Å²) in [7, 11) is 0. The van der Waals surface area contributed by atoms with E-state index in [9.17, 15) is 4.79 Å². The van der Waals surface area contributed by atoms with Crippen molar-refractivity contribution in [3.05, 3.63) is 42.0 Å². The Bertz CT molecular complexity index is 520. The van der Waals surface area contributed by atoms with Gasteiger partial charge in [0.25, 0.3) is 1.43 Å². The number of ketones is 1. The third-order valence-corrected chi connectivity index (χ3v) is 2.26. The third-order valence-electron chi connectivity index (χ3n) is 2.26. The van der Waals surface area contributed by atoms with E-state index in [0.29, 0.717) is 11.3 Å². The van der Waals surface area contributed by atoms with E-state index in [0.717, 1.165) is 10.8 Å². The van der Waals surface area contributed by atoms with Crippen molar-refractivity contribution in [3.63, 3.8) is 0 Å². The Kier molecular flexibility index (Phi) is 1.70. The summed E-state index contributed by atoms with van der Waals surface area (Å²) in [6, 6.07) is 11.1. The van der Waals surface area contributed by atoms with Crippen molar-refractivity contribution in [2.24, 2.45) is 0 Å². The van der Waals surface area contributed by atoms with E-state index in [1.807, 2.05) is 30.3 Å². The third kappa shape index (κ3) is 1.25. The number of phenols is 1. The van der Waals surface area contributed by atoms with E-state index >= 15 is 0 Å². The lowest BCUT2D eigenvalue weighted by atomic mass is 10.0. The molecule has 2 rings (SSSR count). The monoisotopic (exact) mass is 187 g/mol. The summed E-state index contributed by atoms with van der Waals surface area (Å²) in [6.45, 7) is 1.46. The van der Waals surface area contributed by atoms with Crippen molar-refractivity contribution >= 4 is 16.6 Å². The van der Waals surface area contributed by atoms with Crippen LogP contribution < -0.4 is 0 Å². The molecule has 0 unspecified atom stereocenters. The number of fused-ring (bicyclic) bond motifs is 1. The molecule has 0 spiro atoms. The minimum Gasteiger partial charge on any atom is -0.507 e. The molecule has 0 aliphatic rings. The summed E-state index contributed by atoms with van der Waals surface area (Å²) in [4.78, 5) is 11.3. The maximum atomic E-state index is 11.3. The Balaban J connectivity index is 2.81. The van der Waals surface area contributed by atoms with Crippen molar-refractivity contribution < 1.29 is 9.90 Å². The zero-order chi connectivity index (χ0) is 10.8. The molecule has 0 atom stereocenters. The number of carbonyl (C=O) groups excluding carboxylic acids is 1. The first-order chi connectivity index (χ1) is 7.24. The topological polar surface area (TPSA) is 37.3 Å². The highest BCUT2D eigenvalue weighted by Crippen LogP contribution is 2.28. The lowest BCUT2D eigenvalue weighted by Gasteiger charge is -2.04. The number of phenolic OH excluding ortho intramolecular Hbond substituents is 1. The normalized spacial score (nSPS) is 11.1. The molecule has 2 nitrogen and oxygen atoms in total. The van der Waals surface area contributed by atoms with Crippen LogP contribution in [0.2, 0.25) is 0 Å². The van der Waals surface area contributed by atoms with Crippen LogP contribution in [-0.4, -0.2) is 12.3 Å². The van der Waals surface area contributed by atoms with Gasteiger partial charge in [-0.1, -0.05) is 30.3 Å². The number of Topliss-reactive ketones (excluding diaryl/α,β-unsaturated/α-hetero) is 1. The van der Waals surface area contributed by atoms with Crippen LogP contribution >= 0.6 is 0 Å². The molecular weight excluding hydrogens is 176 g/mol. The predicted octanol–water partition coefficient (Wildman–Crippen LogP) is 2.75. The molecular formula is C12H10O2. The van der Waals surface area contributed by atoms with Crippen molar-refractivity contribution in [1.82, 2.24) is 0 Å². The molecule has 2 heteroatoms. The highest BCUT2D eigenvalue weighted by atomic mass is 16.3. The summed E-state index contributed by atoms with van der Waals surface area (Å²) in [5.41, 5.74) is 0.448. The van der Waals surface area contributed by atoms with Crippen LogP contribution in [0, 0.1) is 0 Å². The first kappa shape index (κ1) is 7.56. The zero-order valence-electron chi connectivity index (χ0n) is 8.78. The van der Waals surface area contributed by atoms with Gasteiger partial charge in [0.2, 0.25) is 0 Å². The molecule has 0 aliphatic carbocycles. The summed E-state index contributed by atoms with van der Waals surface area (Å²) in [6.07, 6.45) is 0. The average molecular weight is 187 g/mol. The molecule has 0 aromatic heterocycles. The van der Waals surface area contributed by atoms with Crippen molar-refractivity contribution in [2.75, 3.05) is 0 Å². The minimum absolute atomic E-state index is 0.0944. The van der Waals surface area contributed by atoms with Gasteiger partial charge < -0.3 is 5.11 Å². The number of aromatic hydroxyl groups is 1. The fourth-order valence-corrected chi connectivity index (χ4v) is 1.52. The molecule has 14 heavy (non-hydrogen) atoms. The molecule has 0 fully saturated rings. The van der Waals surface area contributed by atoms with E-state index < -0.39 is 0 Å². The van der Waals surface area contributed by atoms with Crippen LogP contribution in [0.3, 0.4) is 0 Å². The average Bonchev–Trinajstić information content (AvgIpc) is 2.27. The van der Waals surface area contributed by atoms with Crippen LogP contribution in [0.15, 0.2) is 36.4 Å². The van der Waals surface area contributed by atoms with Crippen LogP contribution in [0.5, 0.6) is 5.75 Å². The largest absolute Gasteiger partial charge is 0.507 e. The number of carbonyl (C=O) groups is 1. The molecule has 0 amide bonds. The standard InChI is InChI=1S/C12H10O2/c1-8(13)10-7-6-9-4-2-3-5-11(9)12(10)14/h2-7,14H,1H3/i/hD. The lowest BCUT2D eigenvalue weighted by molar-refractivity contribution is 0.101. The highest BCUT2D eigenvalue weighted by Gasteiger charge is 2.08. The first-order valence-corrected chi connectivity index (χ1v) is 4.40. The quantitative estimate of drug-likeness (QED) is 0.734. The molecule has 1 N–H and O–H groups in total. The summed E-state index contributed by atoms with van der Waals surface area (Å²) >= 11 is 0. The van der Waals surface area contributed by atoms with E-state index in [4.69, 9.17) is 1.43 Å². The van der Waals surface area contributed by atoms with E-state index in [2.05, 4.69) is 5.11 Å². The molecule has 0 aliphatic heterocycles. The zero-order valence-corrected chi connectivity index (χ0v) is 7.78. The van der Waals surface area contributed by atoms with Gasteiger partial charge in [0.05, 0.1) is 5.56 Å². The fraction of sp³-hybridized carbons (Fsp3) is 0.0833. The molecule has 2 aromatic rings. The Morgan fingerprint density at radius 3 is 2.79 bits per heavy atom. The molecule has 0 saturated heterocycles. The van der Waals surface area contributed by atoms with Crippen LogP contribution in [-0.2, 0) is 0 Å². The van der Waals surface area contributed by atoms with Crippen LogP contribution in [0.25, 0.3) is 10.8 Å². The maximum absolute atomic E-state index is 11.3. The lowest BCUT2D eigenvalue weighted by Crippen LogP contribution is -1.92. The van der Waals surface area contributed by atoms with Crippen LogP contribution in [0.1, 0.15) is 17.3 Å². The summed E-state index contributed by atoms with van der Waals surface area (Å²) < 4.78 is 7.01. The fourth-order valence-electron chi connectivity index (χ4n) is 1.52. The van der Waals surface area contributed by atoms with Crippen molar-refractivity contribution in [1.29, 1.82) is 1.43 Å². The molecule has 0 radical (unpaired) electrons. The smallest absolute Gasteiger partial charge is 0.293 e. The van der Waals surface area contributed by atoms with E-state index in [1.165, 1.54) is 6.92 Å². The van der Waals surface area contributed by atoms with Gasteiger partial charge in [-0.05, 0) is 18.4 Å². The van der Waals surface area contributed by atoms with Crippen LogP contribution in [0.4, 0.5) is 0 Å². The Morgan fingerprint density at radius 2 is 2.07 bits per heavy atom. The van der Waals surface area contributed by atoms with Gasteiger partial charge >= 0.3 is 0 Å². The van der Waals surface area contributed by atoms with Crippen molar-refractivity contribution in [3.8, 4) is 5.75 Å². The Hall–Kier alpha value is -1.83. The molecule has 70 valence electrons. The summed E-state index contributed by atoms with van der Waals surface area (Å²) in [5, 5.41) is 6.30. The number of hydrogen-bond acceptors (Lipinski definition) is 2. The Morgan fingerprint density at radius 1 is 1.29 bits per heavy atom. The second kappa shape index (κ2) is 3.14. The van der Waals surface area contributed by atoms with Gasteiger partial charge in [0, 0.05) is 5.39 Å². The van der Waals surface area contributed by atoms with E-state index in [1.54, 1.807) is 6.07 Å². The van der Waals surface area contributed by atoms with Crippen molar-refractivity contribution in [2.45, 2.75) is 6.92 Å². The van der Waals surface area contributed by atoms with Gasteiger partial charge in [-0.25, -0.2) is 0 Å². The minimum atomic E-state index is -0.0944. The van der Waals surface area contributed by atoms with Gasteiger partial charge in [-0.3, -0.25) is 4.79 Å². The number of benzene rings is 2. The Labute approximate surface area is 83.3 Å². The second-order valence-corrected chi connectivity index (χ2v) is 3.22.